The van der Waals surface area contributed by atoms with Crippen LogP contribution < -0.4 is 4.74 Å². The van der Waals surface area contributed by atoms with Crippen LogP contribution in [0.5, 0.6) is 5.75 Å². The fourth-order valence-corrected chi connectivity index (χ4v) is 2.22. The zero-order chi connectivity index (χ0) is 19.9. The first-order valence-electron chi connectivity index (χ1n) is 8.13. The number of rotatable bonds is 7. The quantitative estimate of drug-likeness (QED) is 0.423. The summed E-state index contributed by atoms with van der Waals surface area (Å²) in [6, 6.07) is 11.7. The van der Waals surface area contributed by atoms with Gasteiger partial charge >= 0.3 is 6.18 Å². The SMILES string of the molecule is CCO/N=C(\C(C)=NO)c1ccc(OCc2cccc(C(F)(F)F)c2)cc1. The molecule has 1 N–H and O–H groups in total. The summed E-state index contributed by atoms with van der Waals surface area (Å²) in [5.74, 6) is 0.477. The summed E-state index contributed by atoms with van der Waals surface area (Å²) >= 11 is 0. The highest BCUT2D eigenvalue weighted by Crippen LogP contribution is 2.29. The van der Waals surface area contributed by atoms with E-state index in [1.807, 2.05) is 0 Å². The van der Waals surface area contributed by atoms with E-state index in [-0.39, 0.29) is 12.3 Å². The number of oxime groups is 2. The average molecular weight is 380 g/mol. The van der Waals surface area contributed by atoms with Crippen LogP contribution in [0.2, 0.25) is 0 Å². The molecule has 0 radical (unpaired) electrons. The van der Waals surface area contributed by atoms with Gasteiger partial charge in [0.2, 0.25) is 0 Å². The zero-order valence-electron chi connectivity index (χ0n) is 14.8. The van der Waals surface area contributed by atoms with Crippen LogP contribution in [0.15, 0.2) is 58.8 Å². The molecule has 0 aliphatic heterocycles. The average Bonchev–Trinajstić information content (AvgIpc) is 2.67. The molecule has 0 amide bonds. The molecule has 0 saturated heterocycles. The molecular weight excluding hydrogens is 361 g/mol. The molecule has 5 nitrogen and oxygen atoms in total. The molecule has 0 atom stereocenters. The van der Waals surface area contributed by atoms with Crippen LogP contribution >= 0.6 is 0 Å². The van der Waals surface area contributed by atoms with Crippen molar-refractivity contribution in [2.45, 2.75) is 26.6 Å². The molecule has 0 aliphatic carbocycles. The van der Waals surface area contributed by atoms with E-state index in [9.17, 15) is 13.2 Å². The summed E-state index contributed by atoms with van der Waals surface area (Å²) in [6.07, 6.45) is -4.39. The number of hydrogen-bond donors (Lipinski definition) is 1. The molecule has 27 heavy (non-hydrogen) atoms. The Kier molecular flexibility index (Phi) is 6.81. The summed E-state index contributed by atoms with van der Waals surface area (Å²) in [4.78, 5) is 5.02. The molecule has 2 aromatic rings. The van der Waals surface area contributed by atoms with Gasteiger partial charge in [-0.2, -0.15) is 13.2 Å². The van der Waals surface area contributed by atoms with Crippen LogP contribution in [0.25, 0.3) is 0 Å². The van der Waals surface area contributed by atoms with Crippen LogP contribution in [0.3, 0.4) is 0 Å². The summed E-state index contributed by atoms with van der Waals surface area (Å²) < 4.78 is 43.8. The number of halogens is 3. The summed E-state index contributed by atoms with van der Waals surface area (Å²) in [5.41, 5.74) is 0.986. The third kappa shape index (κ3) is 5.73. The highest BCUT2D eigenvalue weighted by Gasteiger charge is 2.30. The third-order valence-electron chi connectivity index (χ3n) is 3.57. The Bertz CT molecular complexity index is 816. The molecule has 0 saturated carbocycles. The largest absolute Gasteiger partial charge is 0.489 e. The van der Waals surface area contributed by atoms with Crippen molar-refractivity contribution < 1.29 is 28.0 Å². The lowest BCUT2D eigenvalue weighted by atomic mass is 10.1. The van der Waals surface area contributed by atoms with Crippen molar-refractivity contribution in [2.75, 3.05) is 6.61 Å². The fraction of sp³-hybridized carbons (Fsp3) is 0.263. The van der Waals surface area contributed by atoms with E-state index in [0.717, 1.165) is 12.1 Å². The molecule has 8 heteroatoms. The van der Waals surface area contributed by atoms with Crippen LogP contribution in [0.1, 0.15) is 30.5 Å². The highest BCUT2D eigenvalue weighted by molar-refractivity contribution is 6.47. The molecule has 0 heterocycles. The van der Waals surface area contributed by atoms with Crippen molar-refractivity contribution in [3.63, 3.8) is 0 Å². The van der Waals surface area contributed by atoms with Crippen LogP contribution in [0.4, 0.5) is 13.2 Å². The second-order valence-electron chi connectivity index (χ2n) is 5.55. The lowest BCUT2D eigenvalue weighted by Crippen LogP contribution is -2.13. The Hall–Kier alpha value is -3.03. The minimum absolute atomic E-state index is 0.000283. The molecule has 2 aromatic carbocycles. The Morgan fingerprint density at radius 2 is 1.81 bits per heavy atom. The molecule has 0 aromatic heterocycles. The van der Waals surface area contributed by atoms with Gasteiger partial charge in [0, 0.05) is 5.56 Å². The van der Waals surface area contributed by atoms with Gasteiger partial charge in [0.05, 0.1) is 5.56 Å². The van der Waals surface area contributed by atoms with Gasteiger partial charge in [-0.25, -0.2) is 0 Å². The number of ether oxygens (including phenoxy) is 1. The summed E-state index contributed by atoms with van der Waals surface area (Å²) in [6.45, 7) is 3.72. The van der Waals surface area contributed by atoms with Gasteiger partial charge in [-0.1, -0.05) is 22.4 Å². The number of benzene rings is 2. The topological polar surface area (TPSA) is 63.4 Å². The van der Waals surface area contributed by atoms with E-state index in [1.54, 1.807) is 44.2 Å². The zero-order valence-corrected chi connectivity index (χ0v) is 14.8. The van der Waals surface area contributed by atoms with Crippen molar-refractivity contribution in [1.82, 2.24) is 0 Å². The van der Waals surface area contributed by atoms with Crippen molar-refractivity contribution >= 4 is 11.4 Å². The monoisotopic (exact) mass is 380 g/mol. The van der Waals surface area contributed by atoms with Gasteiger partial charge in [-0.15, -0.1) is 0 Å². The Balaban J connectivity index is 2.10. The number of alkyl halides is 3. The van der Waals surface area contributed by atoms with Crippen molar-refractivity contribution in [1.29, 1.82) is 0 Å². The van der Waals surface area contributed by atoms with Crippen molar-refractivity contribution in [3.8, 4) is 5.75 Å². The molecule has 0 bridgehead atoms. The van der Waals surface area contributed by atoms with Gasteiger partial charge in [-0.3, -0.25) is 0 Å². The number of nitrogens with zero attached hydrogens (tertiary/aromatic N) is 2. The van der Waals surface area contributed by atoms with Gasteiger partial charge < -0.3 is 14.8 Å². The first-order valence-corrected chi connectivity index (χ1v) is 8.13. The Labute approximate surface area is 154 Å². The highest BCUT2D eigenvalue weighted by atomic mass is 19.4. The van der Waals surface area contributed by atoms with Crippen LogP contribution in [-0.2, 0) is 17.6 Å². The van der Waals surface area contributed by atoms with Gasteiger partial charge in [0.1, 0.15) is 30.4 Å². The maximum atomic E-state index is 12.7. The van der Waals surface area contributed by atoms with E-state index in [0.29, 0.717) is 29.2 Å². The lowest BCUT2D eigenvalue weighted by Gasteiger charge is -2.11. The standard InChI is InChI=1S/C19H19F3N2O3/c1-3-27-24-18(13(2)23-25)15-7-9-17(10-8-15)26-12-14-5-4-6-16(11-14)19(20,21)22/h4-11,25H,3,12H2,1-2H3/b23-13?,24-18+. The number of hydrogen-bond acceptors (Lipinski definition) is 5. The normalized spacial score (nSPS) is 12.8. The smallest absolute Gasteiger partial charge is 0.416 e. The Morgan fingerprint density at radius 3 is 2.41 bits per heavy atom. The summed E-state index contributed by atoms with van der Waals surface area (Å²) in [5, 5.41) is 16.0. The van der Waals surface area contributed by atoms with Gasteiger partial charge in [0.25, 0.3) is 0 Å². The minimum atomic E-state index is -4.39. The van der Waals surface area contributed by atoms with Crippen LogP contribution in [0, 0.1) is 0 Å². The second-order valence-corrected chi connectivity index (χ2v) is 5.55. The molecule has 0 fully saturated rings. The molecule has 2 rings (SSSR count). The van der Waals surface area contributed by atoms with E-state index >= 15 is 0 Å². The first kappa shape index (κ1) is 20.3. The molecule has 0 aliphatic rings. The van der Waals surface area contributed by atoms with Gasteiger partial charge in [0.15, 0.2) is 0 Å². The molecule has 144 valence electrons. The maximum Gasteiger partial charge on any atom is 0.416 e. The second kappa shape index (κ2) is 9.07. The first-order chi connectivity index (χ1) is 12.8. The minimum Gasteiger partial charge on any atom is -0.489 e. The fourth-order valence-electron chi connectivity index (χ4n) is 2.22. The molecule has 0 unspecified atom stereocenters. The van der Waals surface area contributed by atoms with E-state index < -0.39 is 11.7 Å². The van der Waals surface area contributed by atoms with E-state index in [4.69, 9.17) is 14.8 Å². The van der Waals surface area contributed by atoms with Crippen LogP contribution in [-0.4, -0.2) is 23.2 Å². The van der Waals surface area contributed by atoms with Crippen molar-refractivity contribution in [3.05, 3.63) is 65.2 Å². The predicted octanol–water partition coefficient (Wildman–Crippen LogP) is 4.88. The van der Waals surface area contributed by atoms with Crippen molar-refractivity contribution in [2.24, 2.45) is 10.3 Å². The predicted molar refractivity (Wildman–Crippen MR) is 95.3 cm³/mol. The Morgan fingerprint density at radius 1 is 1.11 bits per heavy atom. The maximum absolute atomic E-state index is 12.7. The lowest BCUT2D eigenvalue weighted by molar-refractivity contribution is -0.137. The summed E-state index contributed by atoms with van der Waals surface area (Å²) in [7, 11) is 0. The molecular formula is C19H19F3N2O3. The van der Waals surface area contributed by atoms with E-state index in [1.165, 1.54) is 6.07 Å². The molecule has 0 spiro atoms. The van der Waals surface area contributed by atoms with E-state index in [2.05, 4.69) is 10.3 Å². The third-order valence-corrected chi connectivity index (χ3v) is 3.57. The van der Waals surface area contributed by atoms with Gasteiger partial charge in [-0.05, 0) is 55.8 Å².